The van der Waals surface area contributed by atoms with Crippen LogP contribution in [-0.2, 0) is 0 Å². The van der Waals surface area contributed by atoms with Crippen molar-refractivity contribution in [1.82, 2.24) is 4.90 Å². The fraction of sp³-hybridized carbons (Fsp3) is 0.556. The molecule has 0 spiro atoms. The highest BCUT2D eigenvalue weighted by Gasteiger charge is 2.03. The molecule has 1 aliphatic rings. The number of hydrogen-bond donors (Lipinski definition) is 0. The van der Waals surface area contributed by atoms with E-state index in [2.05, 4.69) is 30.6 Å². The van der Waals surface area contributed by atoms with Gasteiger partial charge in [-0.05, 0) is 18.5 Å². The molecular weight excluding hydrogens is 122 g/mol. The van der Waals surface area contributed by atoms with E-state index in [0.29, 0.717) is 0 Å². The third-order valence-electron chi connectivity index (χ3n) is 1.84. The van der Waals surface area contributed by atoms with Gasteiger partial charge in [0, 0.05) is 13.1 Å². The van der Waals surface area contributed by atoms with E-state index in [1.54, 1.807) is 0 Å². The second kappa shape index (κ2) is 3.57. The highest BCUT2D eigenvalue weighted by molar-refractivity contribution is 5.17. The molecule has 1 nitrogen and oxygen atoms in total. The van der Waals surface area contributed by atoms with Crippen molar-refractivity contribution >= 4 is 0 Å². The minimum Gasteiger partial charge on any atom is -0.299 e. The van der Waals surface area contributed by atoms with Gasteiger partial charge >= 0.3 is 0 Å². The molecule has 1 heterocycles. The Morgan fingerprint density at radius 2 is 2.50 bits per heavy atom. The van der Waals surface area contributed by atoms with Crippen molar-refractivity contribution in [2.24, 2.45) is 0 Å². The molecule has 1 heteroatoms. The zero-order valence-electron chi connectivity index (χ0n) is 6.64. The zero-order chi connectivity index (χ0) is 7.40. The van der Waals surface area contributed by atoms with Gasteiger partial charge in [-0.15, -0.1) is 0 Å². The second-order valence-electron chi connectivity index (χ2n) is 2.72. The SMILES string of the molecule is C=C1C=CCCN(CC)C1. The monoisotopic (exact) mass is 137 g/mol. The minimum atomic E-state index is 1.05. The lowest BCUT2D eigenvalue weighted by Crippen LogP contribution is -2.24. The van der Waals surface area contributed by atoms with Crippen LogP contribution in [0.1, 0.15) is 13.3 Å². The lowest BCUT2D eigenvalue weighted by Gasteiger charge is -2.17. The topological polar surface area (TPSA) is 3.24 Å². The summed E-state index contributed by atoms with van der Waals surface area (Å²) in [6.07, 6.45) is 5.51. The Labute approximate surface area is 63.0 Å². The molecule has 0 aromatic rings. The Hall–Kier alpha value is -0.560. The standard InChI is InChI=1S/C9H15N/c1-3-10-7-5-4-6-9(2)8-10/h4,6H,2-3,5,7-8H2,1H3. The van der Waals surface area contributed by atoms with E-state index in [0.717, 1.165) is 13.1 Å². The van der Waals surface area contributed by atoms with Crippen LogP contribution in [0, 0.1) is 0 Å². The summed E-state index contributed by atoms with van der Waals surface area (Å²) in [6, 6.07) is 0. The van der Waals surface area contributed by atoms with Crippen molar-refractivity contribution < 1.29 is 0 Å². The molecule has 0 saturated heterocycles. The Morgan fingerprint density at radius 1 is 1.70 bits per heavy atom. The van der Waals surface area contributed by atoms with Crippen LogP contribution in [0.5, 0.6) is 0 Å². The molecule has 1 rings (SSSR count). The van der Waals surface area contributed by atoms with Crippen molar-refractivity contribution in [3.8, 4) is 0 Å². The first-order valence-electron chi connectivity index (χ1n) is 3.89. The van der Waals surface area contributed by atoms with Crippen molar-refractivity contribution in [2.75, 3.05) is 19.6 Å². The maximum atomic E-state index is 3.94. The van der Waals surface area contributed by atoms with E-state index in [1.165, 1.54) is 18.5 Å². The fourth-order valence-electron chi connectivity index (χ4n) is 1.20. The smallest absolute Gasteiger partial charge is 0.0227 e. The third-order valence-corrected chi connectivity index (χ3v) is 1.84. The van der Waals surface area contributed by atoms with Crippen LogP contribution in [0.3, 0.4) is 0 Å². The van der Waals surface area contributed by atoms with E-state index in [4.69, 9.17) is 0 Å². The molecular formula is C9H15N. The summed E-state index contributed by atoms with van der Waals surface area (Å²) < 4.78 is 0. The first kappa shape index (κ1) is 7.55. The summed E-state index contributed by atoms with van der Waals surface area (Å²) in [4.78, 5) is 2.41. The van der Waals surface area contributed by atoms with E-state index in [-0.39, 0.29) is 0 Å². The molecule has 1 aliphatic heterocycles. The molecule has 0 unspecified atom stereocenters. The van der Waals surface area contributed by atoms with E-state index >= 15 is 0 Å². The summed E-state index contributed by atoms with van der Waals surface area (Å²) in [7, 11) is 0. The normalized spacial score (nSPS) is 21.1. The van der Waals surface area contributed by atoms with Gasteiger partial charge in [0.15, 0.2) is 0 Å². The molecule has 0 aromatic carbocycles. The quantitative estimate of drug-likeness (QED) is 0.533. The van der Waals surface area contributed by atoms with Gasteiger partial charge in [-0.2, -0.15) is 0 Å². The van der Waals surface area contributed by atoms with Gasteiger partial charge in [0.2, 0.25) is 0 Å². The number of rotatable bonds is 1. The predicted molar refractivity (Wildman–Crippen MR) is 45.0 cm³/mol. The molecule has 0 saturated carbocycles. The lowest BCUT2D eigenvalue weighted by atomic mass is 10.3. The first-order chi connectivity index (χ1) is 4.83. The molecule has 0 amide bonds. The maximum absolute atomic E-state index is 3.94. The third kappa shape index (κ3) is 1.99. The summed E-state index contributed by atoms with van der Waals surface area (Å²) in [5.74, 6) is 0. The molecule has 0 fully saturated rings. The zero-order valence-corrected chi connectivity index (χ0v) is 6.64. The Morgan fingerprint density at radius 3 is 3.20 bits per heavy atom. The number of likely N-dealkylation sites (N-methyl/N-ethyl adjacent to an activating group) is 1. The largest absolute Gasteiger partial charge is 0.299 e. The van der Waals surface area contributed by atoms with Gasteiger partial charge in [-0.3, -0.25) is 4.90 Å². The van der Waals surface area contributed by atoms with Crippen molar-refractivity contribution in [1.29, 1.82) is 0 Å². The molecule has 0 N–H and O–H groups in total. The Bertz CT molecular complexity index is 147. The molecule has 0 bridgehead atoms. The van der Waals surface area contributed by atoms with Gasteiger partial charge in [0.05, 0.1) is 0 Å². The fourth-order valence-corrected chi connectivity index (χ4v) is 1.20. The Kier molecular flexibility index (Phi) is 2.69. The lowest BCUT2D eigenvalue weighted by molar-refractivity contribution is 0.325. The molecule has 10 heavy (non-hydrogen) atoms. The molecule has 0 atom stereocenters. The summed E-state index contributed by atoms with van der Waals surface area (Å²) in [5.41, 5.74) is 1.24. The summed E-state index contributed by atoms with van der Waals surface area (Å²) in [5, 5.41) is 0. The van der Waals surface area contributed by atoms with Gasteiger partial charge in [-0.25, -0.2) is 0 Å². The van der Waals surface area contributed by atoms with Crippen LogP contribution in [0.2, 0.25) is 0 Å². The Balaban J connectivity index is 2.47. The van der Waals surface area contributed by atoms with Crippen LogP contribution in [0.4, 0.5) is 0 Å². The highest BCUT2D eigenvalue weighted by atomic mass is 15.1. The predicted octanol–water partition coefficient (Wildman–Crippen LogP) is 1.82. The molecule has 0 radical (unpaired) electrons. The first-order valence-corrected chi connectivity index (χ1v) is 3.89. The van der Waals surface area contributed by atoms with Gasteiger partial charge < -0.3 is 0 Å². The van der Waals surface area contributed by atoms with Crippen LogP contribution in [0.15, 0.2) is 24.3 Å². The van der Waals surface area contributed by atoms with Crippen LogP contribution in [0.25, 0.3) is 0 Å². The van der Waals surface area contributed by atoms with Gasteiger partial charge in [-0.1, -0.05) is 25.7 Å². The van der Waals surface area contributed by atoms with Crippen molar-refractivity contribution in [3.63, 3.8) is 0 Å². The van der Waals surface area contributed by atoms with Crippen LogP contribution < -0.4 is 0 Å². The van der Waals surface area contributed by atoms with E-state index in [1.807, 2.05) is 0 Å². The van der Waals surface area contributed by atoms with Crippen LogP contribution >= 0.6 is 0 Å². The van der Waals surface area contributed by atoms with Gasteiger partial charge in [0.25, 0.3) is 0 Å². The van der Waals surface area contributed by atoms with E-state index in [9.17, 15) is 0 Å². The van der Waals surface area contributed by atoms with Crippen molar-refractivity contribution in [3.05, 3.63) is 24.3 Å². The summed E-state index contributed by atoms with van der Waals surface area (Å²) in [6.45, 7) is 9.51. The minimum absolute atomic E-state index is 1.05. The number of hydrogen-bond acceptors (Lipinski definition) is 1. The molecule has 0 aromatic heterocycles. The summed E-state index contributed by atoms with van der Waals surface area (Å²) >= 11 is 0. The highest BCUT2D eigenvalue weighted by Crippen LogP contribution is 2.05. The van der Waals surface area contributed by atoms with E-state index < -0.39 is 0 Å². The van der Waals surface area contributed by atoms with Crippen LogP contribution in [-0.4, -0.2) is 24.5 Å². The maximum Gasteiger partial charge on any atom is 0.0227 e. The van der Waals surface area contributed by atoms with Crippen molar-refractivity contribution in [2.45, 2.75) is 13.3 Å². The second-order valence-corrected chi connectivity index (χ2v) is 2.72. The average Bonchev–Trinajstić information content (AvgIpc) is 2.13. The average molecular weight is 137 g/mol. The number of nitrogens with zero attached hydrogens (tertiary/aromatic N) is 1. The van der Waals surface area contributed by atoms with Gasteiger partial charge in [0.1, 0.15) is 0 Å². The molecule has 56 valence electrons. The molecule has 0 aliphatic carbocycles.